The Kier molecular flexibility index (Phi) is 5.57. The van der Waals surface area contributed by atoms with Gasteiger partial charge in [-0.2, -0.15) is 0 Å². The van der Waals surface area contributed by atoms with Crippen LogP contribution in [0.15, 0.2) is 36.4 Å². The second-order valence-electron chi connectivity index (χ2n) is 6.75. The zero-order chi connectivity index (χ0) is 18.6. The molecule has 2 aliphatic heterocycles. The van der Waals surface area contributed by atoms with Gasteiger partial charge in [-0.1, -0.05) is 11.6 Å². The number of halogens is 1. The van der Waals surface area contributed by atoms with E-state index in [9.17, 15) is 5.11 Å². The summed E-state index contributed by atoms with van der Waals surface area (Å²) < 4.78 is 16.5. The minimum Gasteiger partial charge on any atom is -0.507 e. The molecule has 1 saturated heterocycles. The Hall–Kier alpha value is -2.15. The zero-order valence-corrected chi connectivity index (χ0v) is 15.8. The molecule has 2 heterocycles. The van der Waals surface area contributed by atoms with Crippen molar-refractivity contribution in [2.24, 2.45) is 0 Å². The van der Waals surface area contributed by atoms with Crippen molar-refractivity contribution in [3.63, 3.8) is 0 Å². The fraction of sp³-hybridized carbons (Fsp3) is 0.400. The average molecular weight is 391 g/mol. The summed E-state index contributed by atoms with van der Waals surface area (Å²) in [4.78, 5) is 4.74. The lowest BCUT2D eigenvalue weighted by Crippen LogP contribution is -2.47. The van der Waals surface area contributed by atoms with Crippen LogP contribution in [0.2, 0.25) is 5.02 Å². The van der Waals surface area contributed by atoms with Crippen molar-refractivity contribution in [1.29, 1.82) is 0 Å². The van der Waals surface area contributed by atoms with Crippen LogP contribution in [0.1, 0.15) is 5.56 Å². The molecule has 1 N–H and O–H groups in total. The SMILES string of the molecule is Oc1cc2c(cc1CN1CCN(CCOc3ccc(Cl)cc3)CC1)OCO2. The number of phenols is 1. The van der Waals surface area contributed by atoms with Gasteiger partial charge in [-0.05, 0) is 30.3 Å². The highest BCUT2D eigenvalue weighted by Gasteiger charge is 2.21. The standard InChI is InChI=1S/C20H23ClN2O4/c21-16-1-3-17(4-2-16)25-10-9-22-5-7-23(8-6-22)13-15-11-19-20(12-18(15)24)27-14-26-19/h1-4,11-12,24H,5-10,13-14H2. The lowest BCUT2D eigenvalue weighted by molar-refractivity contribution is 0.112. The number of aromatic hydroxyl groups is 1. The zero-order valence-electron chi connectivity index (χ0n) is 15.1. The molecule has 6 nitrogen and oxygen atoms in total. The lowest BCUT2D eigenvalue weighted by Gasteiger charge is -2.34. The van der Waals surface area contributed by atoms with Gasteiger partial charge in [-0.25, -0.2) is 0 Å². The number of hydrogen-bond donors (Lipinski definition) is 1. The van der Waals surface area contributed by atoms with Crippen molar-refractivity contribution in [3.8, 4) is 23.0 Å². The second-order valence-corrected chi connectivity index (χ2v) is 7.19. The second kappa shape index (κ2) is 8.25. The van der Waals surface area contributed by atoms with E-state index in [4.69, 9.17) is 25.8 Å². The number of fused-ring (bicyclic) bond motifs is 1. The lowest BCUT2D eigenvalue weighted by atomic mass is 10.1. The van der Waals surface area contributed by atoms with E-state index in [0.717, 1.165) is 44.0 Å². The van der Waals surface area contributed by atoms with Gasteiger partial charge in [0.25, 0.3) is 0 Å². The van der Waals surface area contributed by atoms with Gasteiger partial charge in [0, 0.05) is 55.9 Å². The molecule has 2 aromatic rings. The number of hydrogen-bond acceptors (Lipinski definition) is 6. The van der Waals surface area contributed by atoms with Crippen LogP contribution in [0.5, 0.6) is 23.0 Å². The predicted molar refractivity (Wildman–Crippen MR) is 103 cm³/mol. The van der Waals surface area contributed by atoms with Crippen molar-refractivity contribution in [3.05, 3.63) is 47.0 Å². The highest BCUT2D eigenvalue weighted by molar-refractivity contribution is 6.30. The van der Waals surface area contributed by atoms with Crippen LogP contribution in [0, 0.1) is 0 Å². The molecule has 0 amide bonds. The fourth-order valence-electron chi connectivity index (χ4n) is 3.34. The summed E-state index contributed by atoms with van der Waals surface area (Å²) in [6.45, 7) is 6.34. The minimum atomic E-state index is 0.217. The number of rotatable bonds is 6. The van der Waals surface area contributed by atoms with Crippen molar-refractivity contribution in [1.82, 2.24) is 9.80 Å². The molecule has 0 spiro atoms. The van der Waals surface area contributed by atoms with Crippen LogP contribution in [0.25, 0.3) is 0 Å². The Bertz CT molecular complexity index is 776. The molecule has 0 aromatic heterocycles. The Morgan fingerprint density at radius 3 is 2.37 bits per heavy atom. The average Bonchev–Trinajstić information content (AvgIpc) is 3.12. The third-order valence-electron chi connectivity index (χ3n) is 4.92. The quantitative estimate of drug-likeness (QED) is 0.818. The number of nitrogens with zero attached hydrogens (tertiary/aromatic N) is 2. The van der Waals surface area contributed by atoms with Crippen LogP contribution >= 0.6 is 11.6 Å². The third-order valence-corrected chi connectivity index (χ3v) is 5.17. The summed E-state index contributed by atoms with van der Waals surface area (Å²) >= 11 is 5.88. The minimum absolute atomic E-state index is 0.217. The van der Waals surface area contributed by atoms with Gasteiger partial charge in [0.05, 0.1) is 0 Å². The van der Waals surface area contributed by atoms with E-state index in [1.54, 1.807) is 6.07 Å². The first kappa shape index (κ1) is 18.2. The van der Waals surface area contributed by atoms with E-state index in [2.05, 4.69) is 9.80 Å². The summed E-state index contributed by atoms with van der Waals surface area (Å²) in [5.41, 5.74) is 0.874. The first-order valence-electron chi connectivity index (χ1n) is 9.12. The fourth-order valence-corrected chi connectivity index (χ4v) is 3.46. The van der Waals surface area contributed by atoms with E-state index in [1.165, 1.54) is 0 Å². The Labute approximate surface area is 163 Å². The van der Waals surface area contributed by atoms with E-state index in [1.807, 2.05) is 30.3 Å². The Morgan fingerprint density at radius 1 is 0.963 bits per heavy atom. The predicted octanol–water partition coefficient (Wildman–Crippen LogP) is 2.97. The summed E-state index contributed by atoms with van der Waals surface area (Å²) in [6.07, 6.45) is 0. The molecule has 4 rings (SSSR count). The highest BCUT2D eigenvalue weighted by Crippen LogP contribution is 2.38. The summed E-state index contributed by atoms with van der Waals surface area (Å²) in [5.74, 6) is 2.43. The number of piperazine rings is 1. The Morgan fingerprint density at radius 2 is 1.63 bits per heavy atom. The molecule has 1 fully saturated rings. The van der Waals surface area contributed by atoms with E-state index in [0.29, 0.717) is 29.7 Å². The first-order chi connectivity index (χ1) is 13.2. The Balaban J connectivity index is 1.22. The molecule has 0 bridgehead atoms. The van der Waals surface area contributed by atoms with Crippen LogP contribution in [0.3, 0.4) is 0 Å². The van der Waals surface area contributed by atoms with Gasteiger partial charge in [0.15, 0.2) is 11.5 Å². The maximum Gasteiger partial charge on any atom is 0.231 e. The topological polar surface area (TPSA) is 54.4 Å². The molecule has 144 valence electrons. The normalized spacial score (nSPS) is 17.2. The smallest absolute Gasteiger partial charge is 0.231 e. The summed E-state index contributed by atoms with van der Waals surface area (Å²) in [7, 11) is 0. The van der Waals surface area contributed by atoms with E-state index in [-0.39, 0.29) is 12.5 Å². The largest absolute Gasteiger partial charge is 0.507 e. The van der Waals surface area contributed by atoms with Gasteiger partial charge in [0.1, 0.15) is 18.1 Å². The van der Waals surface area contributed by atoms with Crippen LogP contribution in [-0.4, -0.2) is 61.0 Å². The number of ether oxygens (including phenoxy) is 3. The van der Waals surface area contributed by atoms with E-state index >= 15 is 0 Å². The number of phenolic OH excluding ortho intramolecular Hbond substituents is 1. The third kappa shape index (κ3) is 4.58. The number of benzene rings is 2. The maximum absolute atomic E-state index is 10.2. The molecule has 0 aliphatic carbocycles. The van der Waals surface area contributed by atoms with Crippen LogP contribution in [0.4, 0.5) is 0 Å². The summed E-state index contributed by atoms with van der Waals surface area (Å²) in [6, 6.07) is 11.0. The molecule has 0 unspecified atom stereocenters. The van der Waals surface area contributed by atoms with Gasteiger partial charge in [0.2, 0.25) is 6.79 Å². The molecule has 2 aliphatic rings. The molecule has 2 aromatic carbocycles. The van der Waals surface area contributed by atoms with Crippen molar-refractivity contribution in [2.75, 3.05) is 46.1 Å². The van der Waals surface area contributed by atoms with Gasteiger partial charge in [-0.15, -0.1) is 0 Å². The molecule has 0 atom stereocenters. The highest BCUT2D eigenvalue weighted by atomic mass is 35.5. The van der Waals surface area contributed by atoms with Crippen molar-refractivity contribution < 1.29 is 19.3 Å². The molecule has 0 saturated carbocycles. The summed E-state index contributed by atoms with van der Waals surface area (Å²) in [5, 5.41) is 10.9. The van der Waals surface area contributed by atoms with Gasteiger partial charge in [-0.3, -0.25) is 9.80 Å². The first-order valence-corrected chi connectivity index (χ1v) is 9.50. The molecule has 7 heteroatoms. The molecular formula is C20H23ClN2O4. The molecule has 27 heavy (non-hydrogen) atoms. The van der Waals surface area contributed by atoms with Crippen LogP contribution < -0.4 is 14.2 Å². The molecular weight excluding hydrogens is 368 g/mol. The monoisotopic (exact) mass is 390 g/mol. The van der Waals surface area contributed by atoms with Crippen LogP contribution in [-0.2, 0) is 6.54 Å². The van der Waals surface area contributed by atoms with Crippen molar-refractivity contribution in [2.45, 2.75) is 6.54 Å². The van der Waals surface area contributed by atoms with Gasteiger partial charge >= 0.3 is 0 Å². The molecule has 0 radical (unpaired) electrons. The van der Waals surface area contributed by atoms with Crippen molar-refractivity contribution >= 4 is 11.6 Å². The van der Waals surface area contributed by atoms with E-state index < -0.39 is 0 Å². The van der Waals surface area contributed by atoms with Gasteiger partial charge < -0.3 is 19.3 Å². The maximum atomic E-state index is 10.2.